The quantitative estimate of drug-likeness (QED) is 0.770. The zero-order valence-corrected chi connectivity index (χ0v) is 13.7. The van der Waals surface area contributed by atoms with Crippen LogP contribution >= 0.6 is 0 Å². The Kier molecular flexibility index (Phi) is 3.76. The van der Waals surface area contributed by atoms with Crippen molar-refractivity contribution in [3.05, 3.63) is 71.4 Å². The second-order valence-corrected chi connectivity index (χ2v) is 6.30. The summed E-state index contributed by atoms with van der Waals surface area (Å²) in [7, 11) is 0. The first kappa shape index (κ1) is 15.4. The van der Waals surface area contributed by atoms with Crippen molar-refractivity contribution < 1.29 is 9.59 Å². The van der Waals surface area contributed by atoms with Crippen LogP contribution in [0.3, 0.4) is 0 Å². The second-order valence-electron chi connectivity index (χ2n) is 6.30. The van der Waals surface area contributed by atoms with Crippen molar-refractivity contribution in [2.75, 3.05) is 6.54 Å². The molecule has 1 aliphatic heterocycles. The molecule has 1 aromatic heterocycles. The van der Waals surface area contributed by atoms with E-state index in [9.17, 15) is 9.59 Å². The lowest BCUT2D eigenvalue weighted by atomic mass is 9.91. The number of nitrogens with zero attached hydrogens (tertiary/aromatic N) is 1. The Bertz CT molecular complexity index is 960. The number of amides is 2. The largest absolute Gasteiger partial charge is 0.368 e. The highest BCUT2D eigenvalue weighted by Gasteiger charge is 2.34. The van der Waals surface area contributed by atoms with E-state index in [1.165, 1.54) is 0 Å². The Morgan fingerprint density at radius 2 is 2.12 bits per heavy atom. The molecule has 2 aromatic carbocycles. The molecular weight excluding hydrogens is 314 g/mol. The van der Waals surface area contributed by atoms with Crippen LogP contribution in [0.4, 0.5) is 0 Å². The number of aromatic amines is 1. The number of aromatic nitrogens is 1. The molecule has 0 bridgehead atoms. The highest BCUT2D eigenvalue weighted by Crippen LogP contribution is 2.30. The first-order valence-corrected chi connectivity index (χ1v) is 8.28. The number of carbonyl (C=O) groups excluding carboxylic acids is 2. The van der Waals surface area contributed by atoms with Crippen LogP contribution in [0.1, 0.15) is 22.7 Å². The van der Waals surface area contributed by atoms with Gasteiger partial charge in [-0.2, -0.15) is 0 Å². The van der Waals surface area contributed by atoms with Crippen molar-refractivity contribution in [2.24, 2.45) is 5.73 Å². The van der Waals surface area contributed by atoms with E-state index in [0.717, 1.165) is 27.6 Å². The van der Waals surface area contributed by atoms with Crippen LogP contribution < -0.4 is 5.73 Å². The lowest BCUT2D eigenvalue weighted by Crippen LogP contribution is -2.46. The van der Waals surface area contributed by atoms with Crippen molar-refractivity contribution in [3.63, 3.8) is 0 Å². The topological polar surface area (TPSA) is 79.2 Å². The number of fused-ring (bicyclic) bond motifs is 2. The Labute approximate surface area is 145 Å². The van der Waals surface area contributed by atoms with E-state index < -0.39 is 11.9 Å². The third-order valence-corrected chi connectivity index (χ3v) is 4.82. The molecule has 1 unspecified atom stereocenters. The third kappa shape index (κ3) is 2.67. The predicted molar refractivity (Wildman–Crippen MR) is 94.6 cm³/mol. The van der Waals surface area contributed by atoms with Crippen LogP contribution in [0.25, 0.3) is 10.9 Å². The molecule has 0 saturated carbocycles. The molecule has 2 amide bonds. The van der Waals surface area contributed by atoms with Crippen LogP contribution in [-0.4, -0.2) is 28.2 Å². The lowest BCUT2D eigenvalue weighted by Gasteiger charge is -2.35. The van der Waals surface area contributed by atoms with E-state index in [4.69, 9.17) is 5.73 Å². The highest BCUT2D eigenvalue weighted by molar-refractivity contribution is 5.92. The van der Waals surface area contributed by atoms with Gasteiger partial charge in [0.15, 0.2) is 0 Å². The molecule has 0 spiro atoms. The number of hydrogen-bond donors (Lipinski definition) is 2. The number of carbonyl (C=O) groups is 2. The fourth-order valence-corrected chi connectivity index (χ4v) is 3.62. The van der Waals surface area contributed by atoms with E-state index >= 15 is 0 Å². The van der Waals surface area contributed by atoms with Crippen LogP contribution in [0, 0.1) is 6.07 Å². The number of nitrogens with two attached hydrogens (primary N) is 1. The van der Waals surface area contributed by atoms with Gasteiger partial charge in [0, 0.05) is 23.6 Å². The van der Waals surface area contributed by atoms with Crippen molar-refractivity contribution in [2.45, 2.75) is 18.9 Å². The van der Waals surface area contributed by atoms with E-state index in [0.29, 0.717) is 13.0 Å². The molecule has 125 valence electrons. The van der Waals surface area contributed by atoms with Gasteiger partial charge in [0.1, 0.15) is 6.04 Å². The summed E-state index contributed by atoms with van der Waals surface area (Å²) in [5.74, 6) is -0.591. The summed E-state index contributed by atoms with van der Waals surface area (Å²) in [6.07, 6.45) is 2.80. The van der Waals surface area contributed by atoms with Crippen molar-refractivity contribution >= 4 is 22.7 Å². The van der Waals surface area contributed by atoms with Crippen molar-refractivity contribution in [3.8, 4) is 0 Å². The van der Waals surface area contributed by atoms with Gasteiger partial charge in [0.05, 0.1) is 6.42 Å². The predicted octanol–water partition coefficient (Wildman–Crippen LogP) is 2.12. The molecule has 1 atom stereocenters. The maximum absolute atomic E-state index is 12.9. The minimum absolute atomic E-state index is 0.0907. The van der Waals surface area contributed by atoms with E-state index in [1.807, 2.05) is 42.6 Å². The van der Waals surface area contributed by atoms with Crippen LogP contribution in [0.5, 0.6) is 0 Å². The molecule has 1 radical (unpaired) electrons. The Morgan fingerprint density at radius 3 is 2.96 bits per heavy atom. The zero-order valence-electron chi connectivity index (χ0n) is 13.7. The molecule has 1 aliphatic rings. The summed E-state index contributed by atoms with van der Waals surface area (Å²) in [5, 5.41) is 1.03. The Morgan fingerprint density at radius 1 is 1.28 bits per heavy atom. The minimum Gasteiger partial charge on any atom is -0.368 e. The van der Waals surface area contributed by atoms with Gasteiger partial charge < -0.3 is 15.6 Å². The molecule has 0 saturated heterocycles. The summed E-state index contributed by atoms with van der Waals surface area (Å²) in [6, 6.07) is 15.6. The maximum Gasteiger partial charge on any atom is 0.244 e. The van der Waals surface area contributed by atoms with Crippen LogP contribution in [-0.2, 0) is 22.4 Å². The molecule has 4 rings (SSSR count). The normalized spacial score (nSPS) is 16.6. The summed E-state index contributed by atoms with van der Waals surface area (Å²) in [5.41, 5.74) is 9.39. The maximum atomic E-state index is 12.9. The standard InChI is InChI=1S/C20H18N3O2/c21-20(25)19-16-7-2-1-5-13(16)9-10-23(19)18(24)11-14-12-22-17-8-4-3-6-15(14)17/h2-8,12,19,22H,9-11H2,(H2,21,25). The fourth-order valence-electron chi connectivity index (χ4n) is 3.62. The zero-order chi connectivity index (χ0) is 17.4. The van der Waals surface area contributed by atoms with Gasteiger partial charge >= 0.3 is 0 Å². The molecule has 0 fully saturated rings. The summed E-state index contributed by atoms with van der Waals surface area (Å²) >= 11 is 0. The number of hydrogen-bond acceptors (Lipinski definition) is 2. The smallest absolute Gasteiger partial charge is 0.244 e. The number of benzene rings is 2. The summed E-state index contributed by atoms with van der Waals surface area (Å²) in [4.78, 5) is 29.8. The number of nitrogens with one attached hydrogen (secondary N) is 1. The molecule has 5 heteroatoms. The first-order chi connectivity index (χ1) is 12.1. The molecule has 3 aromatic rings. The number of primary amides is 1. The number of para-hydroxylation sites is 1. The van der Waals surface area contributed by atoms with Crippen LogP contribution in [0.2, 0.25) is 0 Å². The highest BCUT2D eigenvalue weighted by atomic mass is 16.2. The molecular formula is C20H18N3O2. The fraction of sp³-hybridized carbons (Fsp3) is 0.200. The second kappa shape index (κ2) is 6.09. The molecule has 3 N–H and O–H groups in total. The van der Waals surface area contributed by atoms with E-state index in [1.54, 1.807) is 11.0 Å². The van der Waals surface area contributed by atoms with Gasteiger partial charge in [-0.1, -0.05) is 36.4 Å². The SMILES string of the molecule is NC(=O)C1c2cc[c]cc2CCN1C(=O)Cc1c[nH]c2ccccc12. The van der Waals surface area contributed by atoms with Crippen molar-refractivity contribution in [1.82, 2.24) is 9.88 Å². The first-order valence-electron chi connectivity index (χ1n) is 8.28. The molecule has 25 heavy (non-hydrogen) atoms. The van der Waals surface area contributed by atoms with Gasteiger partial charge in [-0.15, -0.1) is 0 Å². The molecule has 0 aliphatic carbocycles. The van der Waals surface area contributed by atoms with Crippen molar-refractivity contribution in [1.29, 1.82) is 0 Å². The Balaban J connectivity index is 1.64. The third-order valence-electron chi connectivity index (χ3n) is 4.82. The van der Waals surface area contributed by atoms with Gasteiger partial charge in [-0.25, -0.2) is 0 Å². The summed E-state index contributed by atoms with van der Waals surface area (Å²) < 4.78 is 0. The summed E-state index contributed by atoms with van der Waals surface area (Å²) in [6.45, 7) is 0.486. The van der Waals surface area contributed by atoms with Gasteiger partial charge in [-0.3, -0.25) is 9.59 Å². The van der Waals surface area contributed by atoms with Gasteiger partial charge in [0.2, 0.25) is 11.8 Å². The van der Waals surface area contributed by atoms with Gasteiger partial charge in [0.25, 0.3) is 0 Å². The molecule has 5 nitrogen and oxygen atoms in total. The Hall–Kier alpha value is -3.08. The molecule has 2 heterocycles. The lowest BCUT2D eigenvalue weighted by molar-refractivity contribution is -0.139. The monoisotopic (exact) mass is 332 g/mol. The minimum atomic E-state index is -0.712. The van der Waals surface area contributed by atoms with E-state index in [-0.39, 0.29) is 12.3 Å². The number of rotatable bonds is 3. The average Bonchev–Trinajstić information content (AvgIpc) is 3.03. The average molecular weight is 332 g/mol. The van der Waals surface area contributed by atoms with Gasteiger partial charge in [-0.05, 0) is 35.2 Å². The van der Waals surface area contributed by atoms with E-state index in [2.05, 4.69) is 11.1 Å². The number of H-pyrrole nitrogens is 1. The van der Waals surface area contributed by atoms with Crippen LogP contribution in [0.15, 0.2) is 48.7 Å².